The molecule has 0 amide bonds. The number of hydrogen-bond donors (Lipinski definition) is 0. The first kappa shape index (κ1) is 14.6. The first-order chi connectivity index (χ1) is 10.7. The monoisotopic (exact) mass is 296 g/mol. The molecule has 0 aromatic heterocycles. The number of hydrogen-bond acceptors (Lipinski definition) is 3. The Morgan fingerprint density at radius 3 is 1.59 bits per heavy atom. The number of rotatable bonds is 6. The molecule has 0 N–H and O–H groups in total. The summed E-state index contributed by atoms with van der Waals surface area (Å²) in [5.41, 5.74) is 3.39. The van der Waals surface area contributed by atoms with Crippen LogP contribution in [0.3, 0.4) is 0 Å². The van der Waals surface area contributed by atoms with Crippen LogP contribution in [0, 0.1) is 0 Å². The minimum atomic E-state index is 0.0499. The van der Waals surface area contributed by atoms with Crippen LogP contribution in [0.1, 0.15) is 42.6 Å². The molecule has 0 spiro atoms. The molecule has 3 heteroatoms. The maximum absolute atomic E-state index is 12.6. The van der Waals surface area contributed by atoms with E-state index in [4.69, 9.17) is 9.47 Å². The molecule has 0 heterocycles. The van der Waals surface area contributed by atoms with Crippen LogP contribution in [0.15, 0.2) is 36.4 Å². The third-order valence-electron chi connectivity index (χ3n) is 3.71. The second-order valence-electron chi connectivity index (χ2n) is 5.44. The lowest BCUT2D eigenvalue weighted by Gasteiger charge is -2.07. The highest BCUT2D eigenvalue weighted by atomic mass is 16.5. The molecule has 0 unspecified atom stereocenters. The van der Waals surface area contributed by atoms with Crippen LogP contribution in [0.5, 0.6) is 11.5 Å². The number of carbonyl (C=O) groups excluding carboxylic acids is 1. The van der Waals surface area contributed by atoms with Gasteiger partial charge in [-0.3, -0.25) is 4.79 Å². The predicted octanol–water partition coefficient (Wildman–Crippen LogP) is 4.48. The van der Waals surface area contributed by atoms with Gasteiger partial charge in [0.05, 0.1) is 13.2 Å². The summed E-state index contributed by atoms with van der Waals surface area (Å²) in [5, 5.41) is 0. The molecule has 2 aromatic rings. The highest BCUT2D eigenvalue weighted by Gasteiger charge is 2.27. The lowest BCUT2D eigenvalue weighted by atomic mass is 10.1. The van der Waals surface area contributed by atoms with Gasteiger partial charge in [-0.25, -0.2) is 0 Å². The highest BCUT2D eigenvalue weighted by molar-refractivity contribution is 6.22. The van der Waals surface area contributed by atoms with Crippen molar-refractivity contribution >= 4 is 5.78 Å². The van der Waals surface area contributed by atoms with Gasteiger partial charge in [-0.05, 0) is 60.4 Å². The maximum atomic E-state index is 12.6. The summed E-state index contributed by atoms with van der Waals surface area (Å²) in [6, 6.07) is 11.5. The molecule has 0 bridgehead atoms. The third-order valence-corrected chi connectivity index (χ3v) is 3.71. The average molecular weight is 296 g/mol. The van der Waals surface area contributed by atoms with Crippen molar-refractivity contribution in [3.63, 3.8) is 0 Å². The molecule has 0 saturated carbocycles. The van der Waals surface area contributed by atoms with E-state index in [1.807, 2.05) is 36.4 Å². The Bertz CT molecular complexity index is 644. The van der Waals surface area contributed by atoms with E-state index >= 15 is 0 Å². The van der Waals surface area contributed by atoms with E-state index in [1.54, 1.807) is 0 Å². The molecule has 22 heavy (non-hydrogen) atoms. The quantitative estimate of drug-likeness (QED) is 0.673. The van der Waals surface area contributed by atoms with Crippen LogP contribution in [0.2, 0.25) is 0 Å². The predicted molar refractivity (Wildman–Crippen MR) is 86.9 cm³/mol. The third kappa shape index (κ3) is 2.59. The average Bonchev–Trinajstić information content (AvgIpc) is 2.83. The van der Waals surface area contributed by atoms with Crippen LogP contribution >= 0.6 is 0 Å². The summed E-state index contributed by atoms with van der Waals surface area (Å²) in [5.74, 6) is 1.56. The van der Waals surface area contributed by atoms with Crippen molar-refractivity contribution < 1.29 is 14.3 Å². The molecule has 2 aromatic carbocycles. The molecular weight excluding hydrogens is 276 g/mol. The minimum Gasteiger partial charge on any atom is -0.494 e. The number of ether oxygens (including phenoxy) is 2. The van der Waals surface area contributed by atoms with Crippen molar-refractivity contribution in [2.75, 3.05) is 13.2 Å². The fourth-order valence-electron chi connectivity index (χ4n) is 2.66. The fourth-order valence-corrected chi connectivity index (χ4v) is 2.66. The van der Waals surface area contributed by atoms with Crippen molar-refractivity contribution in [2.45, 2.75) is 26.7 Å². The lowest BCUT2D eigenvalue weighted by molar-refractivity contribution is 0.104. The molecule has 0 aliphatic heterocycles. The van der Waals surface area contributed by atoms with Crippen molar-refractivity contribution in [2.24, 2.45) is 0 Å². The van der Waals surface area contributed by atoms with Gasteiger partial charge in [0.1, 0.15) is 11.5 Å². The molecule has 0 radical (unpaired) electrons. The van der Waals surface area contributed by atoms with E-state index in [9.17, 15) is 4.79 Å². The summed E-state index contributed by atoms with van der Waals surface area (Å²) in [7, 11) is 0. The van der Waals surface area contributed by atoms with Gasteiger partial charge in [0, 0.05) is 11.1 Å². The summed E-state index contributed by atoms with van der Waals surface area (Å²) >= 11 is 0. The van der Waals surface area contributed by atoms with E-state index < -0.39 is 0 Å². The van der Waals surface area contributed by atoms with E-state index in [1.165, 1.54) is 0 Å². The maximum Gasteiger partial charge on any atom is 0.194 e. The van der Waals surface area contributed by atoms with Crippen LogP contribution in [0.4, 0.5) is 0 Å². The Balaban J connectivity index is 1.93. The van der Waals surface area contributed by atoms with Crippen molar-refractivity contribution in [1.29, 1.82) is 0 Å². The van der Waals surface area contributed by atoms with E-state index in [0.717, 1.165) is 46.6 Å². The van der Waals surface area contributed by atoms with Crippen LogP contribution in [-0.4, -0.2) is 19.0 Å². The summed E-state index contributed by atoms with van der Waals surface area (Å²) < 4.78 is 11.3. The van der Waals surface area contributed by atoms with E-state index in [2.05, 4.69) is 13.8 Å². The molecule has 0 fully saturated rings. The molecule has 1 aliphatic rings. The molecule has 3 nitrogen and oxygen atoms in total. The smallest absolute Gasteiger partial charge is 0.194 e. The van der Waals surface area contributed by atoms with Gasteiger partial charge >= 0.3 is 0 Å². The van der Waals surface area contributed by atoms with Crippen LogP contribution in [0.25, 0.3) is 11.1 Å². The number of carbonyl (C=O) groups is 1. The lowest BCUT2D eigenvalue weighted by Crippen LogP contribution is -1.99. The van der Waals surface area contributed by atoms with E-state index in [-0.39, 0.29) is 5.78 Å². The Morgan fingerprint density at radius 1 is 0.727 bits per heavy atom. The van der Waals surface area contributed by atoms with Gasteiger partial charge in [-0.2, -0.15) is 0 Å². The van der Waals surface area contributed by atoms with Crippen molar-refractivity contribution in [1.82, 2.24) is 0 Å². The topological polar surface area (TPSA) is 35.5 Å². The Labute approximate surface area is 130 Å². The minimum absolute atomic E-state index is 0.0499. The number of benzene rings is 2. The zero-order valence-corrected chi connectivity index (χ0v) is 13.0. The molecule has 0 saturated heterocycles. The summed E-state index contributed by atoms with van der Waals surface area (Å²) in [6.45, 7) is 5.45. The Hall–Kier alpha value is -2.29. The molecule has 3 rings (SSSR count). The first-order valence-electron chi connectivity index (χ1n) is 7.83. The largest absolute Gasteiger partial charge is 0.494 e. The SMILES string of the molecule is CCCOc1ccc2c(c1)C(=O)c1cc(OCCC)ccc1-2. The second-order valence-corrected chi connectivity index (χ2v) is 5.44. The summed E-state index contributed by atoms with van der Waals surface area (Å²) in [6.07, 6.45) is 1.90. The molecule has 1 aliphatic carbocycles. The second kappa shape index (κ2) is 6.22. The van der Waals surface area contributed by atoms with Gasteiger partial charge in [-0.1, -0.05) is 13.8 Å². The zero-order valence-electron chi connectivity index (χ0n) is 13.0. The Morgan fingerprint density at radius 2 is 1.18 bits per heavy atom. The number of fused-ring (bicyclic) bond motifs is 3. The molecular formula is C19H20O3. The fraction of sp³-hybridized carbons (Fsp3) is 0.316. The van der Waals surface area contributed by atoms with Crippen molar-refractivity contribution in [3.05, 3.63) is 47.5 Å². The summed E-state index contributed by atoms with van der Waals surface area (Å²) in [4.78, 5) is 12.6. The van der Waals surface area contributed by atoms with Gasteiger partial charge in [0.25, 0.3) is 0 Å². The van der Waals surface area contributed by atoms with Gasteiger partial charge in [-0.15, -0.1) is 0 Å². The number of ketones is 1. The molecule has 114 valence electrons. The standard InChI is InChI=1S/C19H20O3/c1-3-9-21-13-5-7-15-16-8-6-14(22-10-4-2)12-18(16)19(20)17(15)11-13/h5-8,11-12H,3-4,9-10H2,1-2H3. The van der Waals surface area contributed by atoms with Gasteiger partial charge in [0.2, 0.25) is 0 Å². The van der Waals surface area contributed by atoms with Crippen LogP contribution < -0.4 is 9.47 Å². The Kier molecular flexibility index (Phi) is 4.14. The van der Waals surface area contributed by atoms with Crippen molar-refractivity contribution in [3.8, 4) is 22.6 Å². The zero-order chi connectivity index (χ0) is 15.5. The van der Waals surface area contributed by atoms with Crippen LogP contribution in [-0.2, 0) is 0 Å². The highest BCUT2D eigenvalue weighted by Crippen LogP contribution is 2.39. The normalized spacial score (nSPS) is 12.0. The van der Waals surface area contributed by atoms with Gasteiger partial charge in [0.15, 0.2) is 5.78 Å². The van der Waals surface area contributed by atoms with Gasteiger partial charge < -0.3 is 9.47 Å². The van der Waals surface area contributed by atoms with E-state index in [0.29, 0.717) is 13.2 Å². The molecule has 0 atom stereocenters. The first-order valence-corrected chi connectivity index (χ1v) is 7.83.